The van der Waals surface area contributed by atoms with E-state index in [9.17, 15) is 13.6 Å². The molecule has 0 amide bonds. The van der Waals surface area contributed by atoms with Gasteiger partial charge in [-0.25, -0.2) is 18.6 Å². The lowest BCUT2D eigenvalue weighted by Gasteiger charge is -2.05. The van der Waals surface area contributed by atoms with E-state index < -0.39 is 23.5 Å². The number of methoxy groups -OCH3 is 1. The maximum absolute atomic E-state index is 12.4. The lowest BCUT2D eigenvalue weighted by atomic mass is 10.1. The van der Waals surface area contributed by atoms with Gasteiger partial charge in [0.25, 0.3) is 6.43 Å². The highest BCUT2D eigenvalue weighted by Crippen LogP contribution is 2.25. The Morgan fingerprint density at radius 1 is 1.64 bits per heavy atom. The number of aromatic nitrogens is 1. The largest absolute Gasteiger partial charge is 0.481 e. The Balaban J connectivity index is 3.24. The molecule has 0 fully saturated rings. The summed E-state index contributed by atoms with van der Waals surface area (Å²) in [6, 6.07) is 0.911. The van der Waals surface area contributed by atoms with Gasteiger partial charge in [-0.3, -0.25) is 0 Å². The summed E-state index contributed by atoms with van der Waals surface area (Å²) in [5, 5.41) is 8.56. The Morgan fingerprint density at radius 2 is 2.29 bits per heavy atom. The minimum absolute atomic E-state index is 0.0368. The fraction of sp³-hybridized carbons (Fsp3) is 0.250. The van der Waals surface area contributed by atoms with Crippen molar-refractivity contribution in [2.75, 3.05) is 7.11 Å². The van der Waals surface area contributed by atoms with Gasteiger partial charge < -0.3 is 9.84 Å². The molecule has 6 heteroatoms. The fourth-order valence-corrected chi connectivity index (χ4v) is 0.922. The monoisotopic (exact) mass is 203 g/mol. The lowest BCUT2D eigenvalue weighted by Crippen LogP contribution is -2.04. The average Bonchev–Trinajstić information content (AvgIpc) is 2.16. The van der Waals surface area contributed by atoms with Gasteiger partial charge >= 0.3 is 5.97 Å². The highest BCUT2D eigenvalue weighted by atomic mass is 19.3. The third-order valence-corrected chi connectivity index (χ3v) is 1.59. The zero-order valence-corrected chi connectivity index (χ0v) is 7.20. The molecule has 0 aliphatic heterocycles. The van der Waals surface area contributed by atoms with Gasteiger partial charge in [-0.1, -0.05) is 0 Å². The number of pyridine rings is 1. The summed E-state index contributed by atoms with van der Waals surface area (Å²) < 4.78 is 29.3. The first-order valence-electron chi connectivity index (χ1n) is 3.61. The molecule has 0 atom stereocenters. The van der Waals surface area contributed by atoms with Crippen LogP contribution in [0.25, 0.3) is 0 Å². The van der Waals surface area contributed by atoms with E-state index in [0.717, 1.165) is 12.3 Å². The van der Waals surface area contributed by atoms with Crippen LogP contribution in [0, 0.1) is 0 Å². The van der Waals surface area contributed by atoms with E-state index in [0.29, 0.717) is 0 Å². The van der Waals surface area contributed by atoms with Crippen LogP contribution in [-0.4, -0.2) is 23.2 Å². The summed E-state index contributed by atoms with van der Waals surface area (Å²) in [6.45, 7) is 0. The van der Waals surface area contributed by atoms with Gasteiger partial charge in [0.15, 0.2) is 0 Å². The van der Waals surface area contributed by atoms with E-state index in [4.69, 9.17) is 5.11 Å². The number of alkyl halides is 2. The molecule has 4 nitrogen and oxygen atoms in total. The molecule has 0 saturated carbocycles. The van der Waals surface area contributed by atoms with Crippen LogP contribution in [0.3, 0.4) is 0 Å². The van der Waals surface area contributed by atoms with Crippen molar-refractivity contribution in [2.24, 2.45) is 0 Å². The molecular weight excluding hydrogens is 196 g/mol. The highest BCUT2D eigenvalue weighted by Gasteiger charge is 2.19. The van der Waals surface area contributed by atoms with Gasteiger partial charge in [-0.05, 0) is 0 Å². The van der Waals surface area contributed by atoms with Crippen LogP contribution in [0.2, 0.25) is 0 Å². The van der Waals surface area contributed by atoms with E-state index in [2.05, 4.69) is 9.72 Å². The SMILES string of the molecule is COc1cc(C(F)F)c(C(=O)O)cn1. The van der Waals surface area contributed by atoms with E-state index in [-0.39, 0.29) is 5.88 Å². The first kappa shape index (κ1) is 10.4. The number of nitrogens with zero attached hydrogens (tertiary/aromatic N) is 1. The smallest absolute Gasteiger partial charge is 0.337 e. The molecule has 0 saturated heterocycles. The second-order valence-corrected chi connectivity index (χ2v) is 2.42. The first-order chi connectivity index (χ1) is 6.56. The molecule has 0 unspecified atom stereocenters. The van der Waals surface area contributed by atoms with E-state index in [1.807, 2.05) is 0 Å². The van der Waals surface area contributed by atoms with Gasteiger partial charge in [0, 0.05) is 17.8 Å². The number of rotatable bonds is 3. The zero-order chi connectivity index (χ0) is 10.7. The van der Waals surface area contributed by atoms with Crippen molar-refractivity contribution in [2.45, 2.75) is 6.43 Å². The first-order valence-corrected chi connectivity index (χ1v) is 3.61. The van der Waals surface area contributed by atoms with Crippen LogP contribution in [0.5, 0.6) is 5.88 Å². The molecular formula is C8H7F2NO3. The number of hydrogen-bond acceptors (Lipinski definition) is 3. The molecule has 0 radical (unpaired) electrons. The minimum Gasteiger partial charge on any atom is -0.481 e. The van der Waals surface area contributed by atoms with Gasteiger partial charge in [-0.2, -0.15) is 0 Å². The Labute approximate surface area is 78.1 Å². The van der Waals surface area contributed by atoms with Crippen LogP contribution < -0.4 is 4.74 Å². The maximum atomic E-state index is 12.4. The Kier molecular flexibility index (Phi) is 2.95. The standard InChI is InChI=1S/C8H7F2NO3/c1-14-6-2-4(7(9)10)5(3-11-6)8(12)13/h2-3,7H,1H3,(H,12,13). The normalized spacial score (nSPS) is 10.3. The second-order valence-electron chi connectivity index (χ2n) is 2.42. The Morgan fingerprint density at radius 3 is 2.71 bits per heavy atom. The average molecular weight is 203 g/mol. The van der Waals surface area contributed by atoms with Crippen molar-refractivity contribution in [1.82, 2.24) is 4.98 Å². The van der Waals surface area contributed by atoms with Gasteiger partial charge in [0.2, 0.25) is 5.88 Å². The number of hydrogen-bond donors (Lipinski definition) is 1. The number of aromatic carboxylic acids is 1. The van der Waals surface area contributed by atoms with Crippen molar-refractivity contribution < 1.29 is 23.4 Å². The van der Waals surface area contributed by atoms with Gasteiger partial charge in [0.1, 0.15) is 0 Å². The minimum atomic E-state index is -2.86. The molecule has 0 aliphatic carbocycles. The predicted octanol–water partition coefficient (Wildman–Crippen LogP) is 1.73. The molecule has 0 bridgehead atoms. The number of carbonyl (C=O) groups is 1. The predicted molar refractivity (Wildman–Crippen MR) is 42.7 cm³/mol. The van der Waals surface area contributed by atoms with Gasteiger partial charge in [-0.15, -0.1) is 0 Å². The second kappa shape index (κ2) is 3.99. The quantitative estimate of drug-likeness (QED) is 0.812. The number of carboxylic acids is 1. The maximum Gasteiger partial charge on any atom is 0.337 e. The number of carboxylic acid groups (broad SMARTS) is 1. The molecule has 76 valence electrons. The fourth-order valence-electron chi connectivity index (χ4n) is 0.922. The zero-order valence-electron chi connectivity index (χ0n) is 7.20. The van der Waals surface area contributed by atoms with Crippen molar-refractivity contribution in [3.8, 4) is 5.88 Å². The third-order valence-electron chi connectivity index (χ3n) is 1.59. The summed E-state index contributed by atoms with van der Waals surface area (Å²) in [7, 11) is 1.26. The number of ether oxygens (including phenoxy) is 1. The highest BCUT2D eigenvalue weighted by molar-refractivity contribution is 5.89. The van der Waals surface area contributed by atoms with E-state index in [1.165, 1.54) is 7.11 Å². The van der Waals surface area contributed by atoms with E-state index >= 15 is 0 Å². The van der Waals surface area contributed by atoms with Crippen LogP contribution in [0.1, 0.15) is 22.3 Å². The molecule has 1 aromatic rings. The molecule has 0 spiro atoms. The molecule has 14 heavy (non-hydrogen) atoms. The van der Waals surface area contributed by atoms with E-state index in [1.54, 1.807) is 0 Å². The summed E-state index contributed by atoms with van der Waals surface area (Å²) in [4.78, 5) is 14.0. The molecule has 0 aromatic carbocycles. The summed E-state index contributed by atoms with van der Waals surface area (Å²) in [5.41, 5.74) is -1.11. The molecule has 1 N–H and O–H groups in total. The van der Waals surface area contributed by atoms with Crippen LogP contribution in [-0.2, 0) is 0 Å². The van der Waals surface area contributed by atoms with Crippen molar-refractivity contribution in [3.63, 3.8) is 0 Å². The summed E-state index contributed by atoms with van der Waals surface area (Å²) in [6.07, 6.45) is -2.01. The lowest BCUT2D eigenvalue weighted by molar-refractivity contribution is 0.0684. The Bertz CT molecular complexity index is 354. The van der Waals surface area contributed by atoms with Crippen LogP contribution >= 0.6 is 0 Å². The van der Waals surface area contributed by atoms with Gasteiger partial charge in [0.05, 0.1) is 12.7 Å². The van der Waals surface area contributed by atoms with Crippen molar-refractivity contribution >= 4 is 5.97 Å². The molecule has 1 rings (SSSR count). The van der Waals surface area contributed by atoms with Crippen molar-refractivity contribution in [3.05, 3.63) is 23.4 Å². The molecule has 0 aliphatic rings. The van der Waals surface area contributed by atoms with Crippen LogP contribution in [0.4, 0.5) is 8.78 Å². The summed E-state index contributed by atoms with van der Waals surface area (Å²) in [5.74, 6) is -1.47. The number of halogens is 2. The third kappa shape index (κ3) is 1.95. The van der Waals surface area contributed by atoms with Crippen molar-refractivity contribution in [1.29, 1.82) is 0 Å². The summed E-state index contributed by atoms with van der Waals surface area (Å²) >= 11 is 0. The van der Waals surface area contributed by atoms with Crippen LogP contribution in [0.15, 0.2) is 12.3 Å². The molecule has 1 aromatic heterocycles. The Hall–Kier alpha value is -1.72. The molecule has 1 heterocycles. The topological polar surface area (TPSA) is 59.4 Å².